The highest BCUT2D eigenvalue weighted by Gasteiger charge is 2.24. The van der Waals surface area contributed by atoms with Crippen molar-refractivity contribution >= 4 is 22.5 Å². The van der Waals surface area contributed by atoms with Gasteiger partial charge in [-0.1, -0.05) is 19.4 Å². The van der Waals surface area contributed by atoms with Crippen molar-refractivity contribution in [2.24, 2.45) is 0 Å². The van der Waals surface area contributed by atoms with Crippen LogP contribution in [0.2, 0.25) is 0 Å². The molecule has 2 atom stereocenters. The summed E-state index contributed by atoms with van der Waals surface area (Å²) in [4.78, 5) is 12.6. The number of hydrogen-bond donors (Lipinski definition) is 3. The lowest BCUT2D eigenvalue weighted by atomic mass is 9.98. The largest absolute Gasteiger partial charge is 0.394 e. The van der Waals surface area contributed by atoms with E-state index >= 15 is 0 Å². The number of hydrogen-bond acceptors (Lipinski definition) is 3. The summed E-state index contributed by atoms with van der Waals surface area (Å²) in [5.74, 6) is 0. The third-order valence-corrected chi connectivity index (χ3v) is 3.91. The van der Waals surface area contributed by atoms with Crippen LogP contribution in [0.25, 0.3) is 0 Å². The van der Waals surface area contributed by atoms with Crippen LogP contribution in [0.1, 0.15) is 26.7 Å². The Kier molecular flexibility index (Phi) is 6.16. The SMILES string of the molecule is CCCC(C)(CO)NC(=O)Nc1cccc(S(C)=O)c1. The summed E-state index contributed by atoms with van der Waals surface area (Å²) in [5, 5.41) is 14.8. The van der Waals surface area contributed by atoms with Crippen molar-refractivity contribution in [3.8, 4) is 0 Å². The first kappa shape index (κ1) is 16.7. The van der Waals surface area contributed by atoms with Crippen LogP contribution < -0.4 is 10.6 Å². The summed E-state index contributed by atoms with van der Waals surface area (Å²) in [7, 11) is -1.09. The van der Waals surface area contributed by atoms with Crippen molar-refractivity contribution in [1.82, 2.24) is 5.32 Å². The number of aliphatic hydroxyl groups is 1. The lowest BCUT2D eigenvalue weighted by Gasteiger charge is -2.28. The van der Waals surface area contributed by atoms with Crippen LogP contribution in [-0.2, 0) is 10.8 Å². The van der Waals surface area contributed by atoms with Crippen LogP contribution in [0, 0.1) is 0 Å². The normalized spacial score (nSPS) is 15.2. The second-order valence-electron chi connectivity index (χ2n) is 5.03. The van der Waals surface area contributed by atoms with E-state index in [0.29, 0.717) is 17.0 Å². The smallest absolute Gasteiger partial charge is 0.319 e. The Bertz CT molecular complexity index is 493. The third kappa shape index (κ3) is 4.94. The Morgan fingerprint density at radius 2 is 2.15 bits per heavy atom. The molecule has 0 spiro atoms. The van der Waals surface area contributed by atoms with Crippen molar-refractivity contribution < 1.29 is 14.1 Å². The maximum Gasteiger partial charge on any atom is 0.319 e. The lowest BCUT2D eigenvalue weighted by Crippen LogP contribution is -2.50. The van der Waals surface area contributed by atoms with Crippen LogP contribution in [-0.4, -0.2) is 33.7 Å². The summed E-state index contributed by atoms with van der Waals surface area (Å²) in [6, 6.07) is 6.50. The van der Waals surface area contributed by atoms with Gasteiger partial charge in [0.1, 0.15) is 0 Å². The second kappa shape index (κ2) is 7.40. The Morgan fingerprint density at radius 3 is 2.70 bits per heavy atom. The van der Waals surface area contributed by atoms with Gasteiger partial charge in [-0.25, -0.2) is 4.79 Å². The van der Waals surface area contributed by atoms with Gasteiger partial charge < -0.3 is 15.7 Å². The van der Waals surface area contributed by atoms with E-state index in [0.717, 1.165) is 6.42 Å². The lowest BCUT2D eigenvalue weighted by molar-refractivity contribution is 0.167. The number of anilines is 1. The molecular formula is C14H22N2O3S. The highest BCUT2D eigenvalue weighted by atomic mass is 32.2. The Labute approximate surface area is 122 Å². The van der Waals surface area contributed by atoms with Gasteiger partial charge in [-0.2, -0.15) is 0 Å². The molecule has 0 fully saturated rings. The van der Waals surface area contributed by atoms with Gasteiger partial charge in [0.15, 0.2) is 0 Å². The predicted molar refractivity (Wildman–Crippen MR) is 81.3 cm³/mol. The van der Waals surface area contributed by atoms with Crippen molar-refractivity contribution in [2.75, 3.05) is 18.2 Å². The first-order valence-corrected chi connectivity index (χ1v) is 8.09. The van der Waals surface area contributed by atoms with Gasteiger partial charge in [-0.3, -0.25) is 4.21 Å². The van der Waals surface area contributed by atoms with Gasteiger partial charge in [0.2, 0.25) is 0 Å². The number of urea groups is 1. The van der Waals surface area contributed by atoms with E-state index in [1.165, 1.54) is 0 Å². The molecule has 1 aromatic carbocycles. The summed E-state index contributed by atoms with van der Waals surface area (Å²) >= 11 is 0. The van der Waals surface area contributed by atoms with E-state index in [4.69, 9.17) is 0 Å². The fraction of sp³-hybridized carbons (Fsp3) is 0.500. The van der Waals surface area contributed by atoms with Crippen molar-refractivity contribution in [1.29, 1.82) is 0 Å². The van der Waals surface area contributed by atoms with Gasteiger partial charge >= 0.3 is 6.03 Å². The van der Waals surface area contributed by atoms with Crippen LogP contribution in [0.3, 0.4) is 0 Å². The van der Waals surface area contributed by atoms with Gasteiger partial charge in [-0.05, 0) is 31.5 Å². The average molecular weight is 298 g/mol. The topological polar surface area (TPSA) is 78.4 Å². The van der Waals surface area contributed by atoms with Gasteiger partial charge in [0, 0.05) is 27.6 Å². The van der Waals surface area contributed by atoms with Gasteiger partial charge in [0.05, 0.1) is 12.1 Å². The molecule has 0 saturated carbocycles. The zero-order chi connectivity index (χ0) is 15.2. The molecule has 112 valence electrons. The van der Waals surface area contributed by atoms with E-state index in [1.807, 2.05) is 6.92 Å². The first-order chi connectivity index (χ1) is 9.40. The molecule has 0 bridgehead atoms. The molecule has 2 amide bonds. The molecule has 0 aliphatic rings. The maximum atomic E-state index is 11.9. The predicted octanol–water partition coefficient (Wildman–Crippen LogP) is 2.10. The van der Waals surface area contributed by atoms with E-state index in [-0.39, 0.29) is 12.6 Å². The third-order valence-electron chi connectivity index (χ3n) is 2.99. The molecule has 3 N–H and O–H groups in total. The highest BCUT2D eigenvalue weighted by molar-refractivity contribution is 7.84. The molecule has 1 aromatic rings. The van der Waals surface area contributed by atoms with Crippen LogP contribution in [0.4, 0.5) is 10.5 Å². The average Bonchev–Trinajstić information content (AvgIpc) is 2.39. The molecule has 0 saturated heterocycles. The molecule has 0 heterocycles. The molecule has 6 heteroatoms. The zero-order valence-corrected chi connectivity index (χ0v) is 12.9. The minimum atomic E-state index is -1.09. The summed E-state index contributed by atoms with van der Waals surface area (Å²) in [6.45, 7) is 3.68. The van der Waals surface area contributed by atoms with Crippen molar-refractivity contribution in [3.05, 3.63) is 24.3 Å². The molecule has 1 rings (SSSR count). The second-order valence-corrected chi connectivity index (χ2v) is 6.41. The van der Waals surface area contributed by atoms with Gasteiger partial charge in [0.25, 0.3) is 0 Å². The maximum absolute atomic E-state index is 11.9. The fourth-order valence-electron chi connectivity index (χ4n) is 1.92. The number of aliphatic hydroxyl groups excluding tert-OH is 1. The Morgan fingerprint density at radius 1 is 1.45 bits per heavy atom. The Hall–Kier alpha value is -1.40. The van der Waals surface area contributed by atoms with E-state index < -0.39 is 16.3 Å². The van der Waals surface area contributed by atoms with Crippen LogP contribution in [0.15, 0.2) is 29.2 Å². The van der Waals surface area contributed by atoms with E-state index in [1.54, 1.807) is 37.4 Å². The van der Waals surface area contributed by atoms with Crippen molar-refractivity contribution in [3.63, 3.8) is 0 Å². The zero-order valence-electron chi connectivity index (χ0n) is 12.1. The quantitative estimate of drug-likeness (QED) is 0.752. The Balaban J connectivity index is 2.71. The number of rotatable bonds is 6. The van der Waals surface area contributed by atoms with E-state index in [2.05, 4.69) is 10.6 Å². The molecule has 0 aliphatic heterocycles. The van der Waals surface area contributed by atoms with Crippen molar-refractivity contribution in [2.45, 2.75) is 37.1 Å². The number of amides is 2. The number of carbonyl (C=O) groups is 1. The van der Waals surface area contributed by atoms with E-state index in [9.17, 15) is 14.1 Å². The molecule has 20 heavy (non-hydrogen) atoms. The fourth-order valence-corrected chi connectivity index (χ4v) is 2.49. The minimum Gasteiger partial charge on any atom is -0.394 e. The molecule has 0 radical (unpaired) electrons. The first-order valence-electron chi connectivity index (χ1n) is 6.53. The van der Waals surface area contributed by atoms with Crippen LogP contribution >= 0.6 is 0 Å². The summed E-state index contributed by atoms with van der Waals surface area (Å²) < 4.78 is 11.4. The number of benzene rings is 1. The standard InChI is InChI=1S/C14H22N2O3S/c1-4-8-14(2,10-17)16-13(18)15-11-6-5-7-12(9-11)20(3)19/h5-7,9,17H,4,8,10H2,1-3H3,(H2,15,16,18). The number of carbonyl (C=O) groups excluding carboxylic acids is 1. The number of nitrogens with one attached hydrogen (secondary N) is 2. The molecule has 2 unspecified atom stereocenters. The summed E-state index contributed by atoms with van der Waals surface area (Å²) in [5.41, 5.74) is -0.0590. The highest BCUT2D eigenvalue weighted by Crippen LogP contribution is 2.15. The van der Waals surface area contributed by atoms with Gasteiger partial charge in [-0.15, -0.1) is 0 Å². The van der Waals surface area contributed by atoms with Crippen LogP contribution in [0.5, 0.6) is 0 Å². The molecule has 0 aliphatic carbocycles. The minimum absolute atomic E-state index is 0.118. The molecule has 0 aromatic heterocycles. The summed E-state index contributed by atoms with van der Waals surface area (Å²) in [6.07, 6.45) is 3.14. The molecular weight excluding hydrogens is 276 g/mol. The molecule has 5 nitrogen and oxygen atoms in total. The monoisotopic (exact) mass is 298 g/mol.